The smallest absolute Gasteiger partial charge is 0.198 e. The molecule has 0 aliphatic carbocycles. The van der Waals surface area contributed by atoms with Crippen LogP contribution in [0.3, 0.4) is 0 Å². The van der Waals surface area contributed by atoms with E-state index in [2.05, 4.69) is 30.3 Å². The summed E-state index contributed by atoms with van der Waals surface area (Å²) in [5, 5.41) is 2.75. The molecule has 2 nitrogen and oxygen atoms in total. The Balaban J connectivity index is 0.000000704. The number of benzene rings is 2. The molecule has 0 bridgehead atoms. The van der Waals surface area contributed by atoms with Crippen molar-refractivity contribution in [2.24, 2.45) is 5.73 Å². The maximum atomic E-state index is 13.6. The summed E-state index contributed by atoms with van der Waals surface area (Å²) in [5.41, 5.74) is 4.46. The second kappa shape index (κ2) is 10.7. The fourth-order valence-electron chi connectivity index (χ4n) is 1.49. The summed E-state index contributed by atoms with van der Waals surface area (Å²) in [6.07, 6.45) is 1.25. The lowest BCUT2D eigenvalue weighted by Crippen LogP contribution is -2.01. The van der Waals surface area contributed by atoms with Crippen molar-refractivity contribution in [3.05, 3.63) is 66.4 Å². The molecule has 0 amide bonds. The summed E-state index contributed by atoms with van der Waals surface area (Å²) in [4.78, 5) is -0.549. The minimum Gasteiger partial charge on any atom is -0.405 e. The minimum absolute atomic E-state index is 0.229. The molecule has 2 aromatic rings. The molecule has 0 saturated carbocycles. The molecule has 2 aromatic carbocycles. The van der Waals surface area contributed by atoms with Gasteiger partial charge in [0.1, 0.15) is 0 Å². The van der Waals surface area contributed by atoms with Gasteiger partial charge in [-0.3, -0.25) is 0 Å². The van der Waals surface area contributed by atoms with Crippen LogP contribution in [0, 0.1) is 23.3 Å². The van der Waals surface area contributed by atoms with Crippen molar-refractivity contribution in [3.63, 3.8) is 0 Å². The first kappa shape index (κ1) is 21.0. The average Bonchev–Trinajstić information content (AvgIpc) is 2.54. The molecule has 23 heavy (non-hydrogen) atoms. The van der Waals surface area contributed by atoms with E-state index < -0.39 is 28.2 Å². The normalized spacial score (nSPS) is 9.17. The Morgan fingerprint density at radius 3 is 1.78 bits per heavy atom. The molecule has 2 rings (SSSR count). The van der Waals surface area contributed by atoms with Crippen molar-refractivity contribution in [2.75, 3.05) is 14.1 Å². The van der Waals surface area contributed by atoms with Crippen LogP contribution in [0.15, 0.2) is 48.0 Å². The molecule has 126 valence electrons. The molecule has 0 aromatic heterocycles. The van der Waals surface area contributed by atoms with Gasteiger partial charge in [-0.15, -0.1) is 12.6 Å². The third kappa shape index (κ3) is 5.61. The van der Waals surface area contributed by atoms with Crippen molar-refractivity contribution in [3.8, 4) is 11.1 Å². The van der Waals surface area contributed by atoms with Gasteiger partial charge in [-0.1, -0.05) is 36.9 Å². The minimum atomic E-state index is -1.85. The van der Waals surface area contributed by atoms with Gasteiger partial charge in [0.2, 0.25) is 0 Å². The molecular weight excluding hydrogens is 328 g/mol. The van der Waals surface area contributed by atoms with Crippen molar-refractivity contribution in [1.29, 1.82) is 0 Å². The van der Waals surface area contributed by atoms with Crippen LogP contribution in [-0.4, -0.2) is 14.1 Å². The van der Waals surface area contributed by atoms with Gasteiger partial charge in [-0.05, 0) is 25.9 Å². The van der Waals surface area contributed by atoms with Gasteiger partial charge in [-0.25, -0.2) is 17.6 Å². The number of rotatable bonds is 1. The molecule has 0 atom stereocenters. The monoisotopic (exact) mass is 346 g/mol. The van der Waals surface area contributed by atoms with Crippen LogP contribution in [0.1, 0.15) is 0 Å². The SMILES string of the molecule is C=CN.CNC.Fc1c(F)c(F)c(-c2ccccc2)c(S)c1F. The Labute approximate surface area is 138 Å². The lowest BCUT2D eigenvalue weighted by Gasteiger charge is -2.09. The predicted molar refractivity (Wildman–Crippen MR) is 88.3 cm³/mol. The molecular formula is C16H18F4N2S. The van der Waals surface area contributed by atoms with Gasteiger partial charge in [0.25, 0.3) is 0 Å². The Kier molecular flexibility index (Phi) is 9.76. The number of halogens is 4. The molecule has 0 radical (unpaired) electrons. The standard InChI is InChI=1S/C12H6F4S.C2H7N.C2H5N/c13-8-7(6-4-2-1-3-5-6)12(17)11(16)10(15)9(8)14;1-3-2;1-2-3/h1-5,17H;3H,1-2H3;2H,1,3H2. The Hall–Kier alpha value is -1.99. The second-order valence-electron chi connectivity index (χ2n) is 4.08. The van der Waals surface area contributed by atoms with E-state index in [9.17, 15) is 17.6 Å². The van der Waals surface area contributed by atoms with Gasteiger partial charge in [-0.2, -0.15) is 0 Å². The van der Waals surface area contributed by atoms with E-state index in [-0.39, 0.29) is 11.1 Å². The summed E-state index contributed by atoms with van der Waals surface area (Å²) in [6, 6.07) is 7.71. The summed E-state index contributed by atoms with van der Waals surface area (Å²) in [6.45, 7) is 3.14. The number of nitrogens with two attached hydrogens (primary N) is 1. The van der Waals surface area contributed by atoms with E-state index >= 15 is 0 Å². The largest absolute Gasteiger partial charge is 0.405 e. The van der Waals surface area contributed by atoms with Crippen molar-refractivity contribution in [2.45, 2.75) is 4.90 Å². The average molecular weight is 346 g/mol. The zero-order valence-electron chi connectivity index (χ0n) is 12.7. The topological polar surface area (TPSA) is 38.0 Å². The number of hydrogen-bond acceptors (Lipinski definition) is 3. The van der Waals surface area contributed by atoms with E-state index in [1.807, 2.05) is 14.1 Å². The zero-order chi connectivity index (χ0) is 18.0. The van der Waals surface area contributed by atoms with E-state index in [4.69, 9.17) is 0 Å². The molecule has 0 aliphatic heterocycles. The quantitative estimate of drug-likeness (QED) is 0.314. The molecule has 0 heterocycles. The summed E-state index contributed by atoms with van der Waals surface area (Å²) >= 11 is 3.69. The maximum absolute atomic E-state index is 13.6. The van der Waals surface area contributed by atoms with Gasteiger partial charge < -0.3 is 11.1 Å². The number of thiol groups is 1. The summed E-state index contributed by atoms with van der Waals surface area (Å²) in [5.74, 6) is -6.63. The van der Waals surface area contributed by atoms with Gasteiger partial charge in [0.05, 0.1) is 4.90 Å². The first-order valence-electron chi connectivity index (χ1n) is 6.38. The lowest BCUT2D eigenvalue weighted by molar-refractivity contribution is 0.401. The van der Waals surface area contributed by atoms with Crippen molar-refractivity contribution < 1.29 is 17.6 Å². The van der Waals surface area contributed by atoms with Crippen LogP contribution < -0.4 is 11.1 Å². The van der Waals surface area contributed by atoms with E-state index in [1.54, 1.807) is 18.2 Å². The molecule has 0 spiro atoms. The summed E-state index contributed by atoms with van der Waals surface area (Å²) < 4.78 is 52.8. The van der Waals surface area contributed by atoms with Gasteiger partial charge >= 0.3 is 0 Å². The predicted octanol–water partition coefficient (Wildman–Crippen LogP) is 4.12. The van der Waals surface area contributed by atoms with Crippen molar-refractivity contribution >= 4 is 12.6 Å². The van der Waals surface area contributed by atoms with E-state index in [1.165, 1.54) is 18.3 Å². The van der Waals surface area contributed by atoms with E-state index in [0.717, 1.165) is 0 Å². The Morgan fingerprint density at radius 1 is 0.957 bits per heavy atom. The molecule has 7 heteroatoms. The molecule has 0 aliphatic rings. The third-order valence-corrected chi connectivity index (χ3v) is 2.72. The van der Waals surface area contributed by atoms with Gasteiger partial charge in [0, 0.05) is 5.56 Å². The molecule has 0 saturated heterocycles. The zero-order valence-corrected chi connectivity index (χ0v) is 13.6. The third-order valence-electron chi connectivity index (χ3n) is 2.30. The van der Waals surface area contributed by atoms with Crippen molar-refractivity contribution in [1.82, 2.24) is 5.32 Å². The lowest BCUT2D eigenvalue weighted by atomic mass is 10.0. The first-order chi connectivity index (χ1) is 10.9. The highest BCUT2D eigenvalue weighted by Crippen LogP contribution is 2.34. The fourth-order valence-corrected chi connectivity index (χ4v) is 1.81. The van der Waals surface area contributed by atoms with Crippen LogP contribution in [0.25, 0.3) is 11.1 Å². The van der Waals surface area contributed by atoms with E-state index in [0.29, 0.717) is 0 Å². The maximum Gasteiger partial charge on any atom is 0.198 e. The highest BCUT2D eigenvalue weighted by atomic mass is 32.1. The highest BCUT2D eigenvalue weighted by Gasteiger charge is 2.24. The highest BCUT2D eigenvalue weighted by molar-refractivity contribution is 7.80. The first-order valence-corrected chi connectivity index (χ1v) is 6.83. The Morgan fingerprint density at radius 2 is 1.35 bits per heavy atom. The fraction of sp³-hybridized carbons (Fsp3) is 0.125. The summed E-state index contributed by atoms with van der Waals surface area (Å²) in [7, 11) is 3.75. The van der Waals surface area contributed by atoms with Crippen LogP contribution in [-0.2, 0) is 0 Å². The van der Waals surface area contributed by atoms with Crippen LogP contribution >= 0.6 is 12.6 Å². The number of nitrogens with one attached hydrogen (secondary N) is 1. The second-order valence-corrected chi connectivity index (χ2v) is 4.53. The molecule has 3 N–H and O–H groups in total. The molecule has 0 unspecified atom stereocenters. The Bertz CT molecular complexity index is 605. The number of hydrogen-bond donors (Lipinski definition) is 3. The molecule has 0 fully saturated rings. The van der Waals surface area contributed by atoms with Gasteiger partial charge in [0.15, 0.2) is 23.3 Å². The van der Waals surface area contributed by atoms with Crippen LogP contribution in [0.5, 0.6) is 0 Å². The van der Waals surface area contributed by atoms with Crippen LogP contribution in [0.2, 0.25) is 0 Å². The van der Waals surface area contributed by atoms with Crippen LogP contribution in [0.4, 0.5) is 17.6 Å².